The number of rotatable bonds is 6. The molecule has 4 heteroatoms. The van der Waals surface area contributed by atoms with Gasteiger partial charge in [0.15, 0.2) is 0 Å². The summed E-state index contributed by atoms with van der Waals surface area (Å²) in [6, 6.07) is 14.5. The largest absolute Gasteiger partial charge is 0.310 e. The third kappa shape index (κ3) is 5.13. The Morgan fingerprint density at radius 3 is 2.48 bits per heavy atom. The Morgan fingerprint density at radius 1 is 1.10 bits per heavy atom. The first kappa shape index (κ1) is 17.1. The minimum atomic E-state index is 0.248. The smallest absolute Gasteiger partial charge is 0.0439 e. The van der Waals surface area contributed by atoms with Crippen molar-refractivity contribution in [3.63, 3.8) is 0 Å². The van der Waals surface area contributed by atoms with Gasteiger partial charge in [-0.15, -0.1) is 0 Å². The average molecular weight is 434 g/mol. The van der Waals surface area contributed by atoms with E-state index in [0.717, 1.165) is 35.0 Å². The van der Waals surface area contributed by atoms with Gasteiger partial charge >= 0.3 is 0 Å². The summed E-state index contributed by atoms with van der Waals surface area (Å²) < 4.78 is 1.24. The third-order valence-electron chi connectivity index (χ3n) is 3.34. The van der Waals surface area contributed by atoms with E-state index in [1.807, 2.05) is 18.2 Å². The second-order valence-electron chi connectivity index (χ2n) is 5.00. The lowest BCUT2D eigenvalue weighted by molar-refractivity contribution is 0.529. The number of benzene rings is 2. The van der Waals surface area contributed by atoms with Crippen molar-refractivity contribution < 1.29 is 0 Å². The minimum absolute atomic E-state index is 0.248. The Hall–Kier alpha value is -0.290. The predicted molar refractivity (Wildman–Crippen MR) is 100 cm³/mol. The fourth-order valence-corrected chi connectivity index (χ4v) is 2.99. The van der Waals surface area contributed by atoms with Crippen LogP contribution in [0.1, 0.15) is 30.5 Å². The molecule has 0 fully saturated rings. The van der Waals surface area contributed by atoms with Crippen molar-refractivity contribution in [3.05, 3.63) is 67.2 Å². The lowest BCUT2D eigenvalue weighted by Gasteiger charge is -2.20. The molecule has 0 aliphatic heterocycles. The van der Waals surface area contributed by atoms with Gasteiger partial charge in [0.05, 0.1) is 0 Å². The minimum Gasteiger partial charge on any atom is -0.310 e. The van der Waals surface area contributed by atoms with Crippen LogP contribution in [-0.2, 0) is 6.42 Å². The van der Waals surface area contributed by atoms with Crippen LogP contribution in [0.25, 0.3) is 0 Å². The van der Waals surface area contributed by atoms with Gasteiger partial charge in [-0.05, 0) is 83.4 Å². The molecule has 0 radical (unpaired) electrons. The normalized spacial score (nSPS) is 12.4. The highest BCUT2D eigenvalue weighted by Crippen LogP contribution is 2.26. The first-order valence-corrected chi connectivity index (χ1v) is 8.86. The molecule has 0 aromatic heterocycles. The van der Waals surface area contributed by atoms with Gasteiger partial charge < -0.3 is 5.32 Å². The Balaban J connectivity index is 2.23. The van der Waals surface area contributed by atoms with Crippen LogP contribution >= 0.6 is 45.8 Å². The summed E-state index contributed by atoms with van der Waals surface area (Å²) >= 11 is 14.7. The predicted octanol–water partition coefficient (Wildman–Crippen LogP) is 5.88. The zero-order valence-electron chi connectivity index (χ0n) is 11.9. The molecule has 1 unspecified atom stereocenters. The second-order valence-corrected chi connectivity index (χ2v) is 7.09. The molecule has 2 aromatic rings. The molecule has 2 rings (SSSR count). The molecule has 0 aliphatic rings. The monoisotopic (exact) mass is 433 g/mol. The van der Waals surface area contributed by atoms with E-state index in [1.54, 1.807) is 0 Å². The Morgan fingerprint density at radius 2 is 1.81 bits per heavy atom. The topological polar surface area (TPSA) is 12.0 Å². The van der Waals surface area contributed by atoms with Crippen LogP contribution in [0, 0.1) is 3.57 Å². The molecule has 0 saturated carbocycles. The van der Waals surface area contributed by atoms with Crippen molar-refractivity contribution in [2.75, 3.05) is 6.54 Å². The van der Waals surface area contributed by atoms with Crippen molar-refractivity contribution in [1.82, 2.24) is 5.32 Å². The highest BCUT2D eigenvalue weighted by molar-refractivity contribution is 14.1. The van der Waals surface area contributed by atoms with Crippen LogP contribution in [0.4, 0.5) is 0 Å². The Kier molecular flexibility index (Phi) is 6.80. The van der Waals surface area contributed by atoms with Gasteiger partial charge in [-0.1, -0.05) is 42.3 Å². The maximum atomic E-state index is 6.30. The van der Waals surface area contributed by atoms with Crippen LogP contribution in [0.3, 0.4) is 0 Å². The van der Waals surface area contributed by atoms with Gasteiger partial charge in [0.25, 0.3) is 0 Å². The summed E-state index contributed by atoms with van der Waals surface area (Å²) in [5.74, 6) is 0. The van der Waals surface area contributed by atoms with Crippen molar-refractivity contribution in [2.45, 2.75) is 25.8 Å². The number of hydrogen-bond donors (Lipinski definition) is 1. The van der Waals surface area contributed by atoms with Crippen molar-refractivity contribution in [1.29, 1.82) is 0 Å². The van der Waals surface area contributed by atoms with Gasteiger partial charge in [-0.2, -0.15) is 0 Å². The highest BCUT2D eigenvalue weighted by atomic mass is 127. The number of nitrogens with one attached hydrogen (secondary N) is 1. The molecule has 1 N–H and O–H groups in total. The van der Waals surface area contributed by atoms with Crippen LogP contribution < -0.4 is 5.32 Å². The molecule has 0 amide bonds. The van der Waals surface area contributed by atoms with Gasteiger partial charge in [0, 0.05) is 19.7 Å². The van der Waals surface area contributed by atoms with Gasteiger partial charge in [-0.3, -0.25) is 0 Å². The van der Waals surface area contributed by atoms with E-state index in [1.165, 1.54) is 9.13 Å². The molecule has 0 heterocycles. The van der Waals surface area contributed by atoms with E-state index in [9.17, 15) is 0 Å². The third-order valence-corrected chi connectivity index (χ3v) is 4.67. The molecule has 21 heavy (non-hydrogen) atoms. The zero-order valence-corrected chi connectivity index (χ0v) is 15.5. The molecule has 0 bridgehead atoms. The molecule has 1 atom stereocenters. The van der Waals surface area contributed by atoms with E-state index in [0.29, 0.717) is 0 Å². The first-order valence-electron chi connectivity index (χ1n) is 7.03. The molecule has 0 aliphatic carbocycles. The van der Waals surface area contributed by atoms with Crippen molar-refractivity contribution in [3.8, 4) is 0 Å². The van der Waals surface area contributed by atoms with Crippen LogP contribution in [-0.4, -0.2) is 6.54 Å². The van der Waals surface area contributed by atoms with Crippen molar-refractivity contribution in [2.24, 2.45) is 0 Å². The molecular formula is C17H18Cl2IN. The summed E-state index contributed by atoms with van der Waals surface area (Å²) in [5.41, 5.74) is 2.36. The fraction of sp³-hybridized carbons (Fsp3) is 0.294. The van der Waals surface area contributed by atoms with Crippen LogP contribution in [0.5, 0.6) is 0 Å². The fourth-order valence-electron chi connectivity index (χ4n) is 2.24. The summed E-state index contributed by atoms with van der Waals surface area (Å²) in [6.07, 6.45) is 1.93. The summed E-state index contributed by atoms with van der Waals surface area (Å²) in [5, 5.41) is 5.10. The zero-order chi connectivity index (χ0) is 15.2. The van der Waals surface area contributed by atoms with E-state index in [2.05, 4.69) is 59.1 Å². The quantitative estimate of drug-likeness (QED) is 0.560. The maximum absolute atomic E-state index is 6.30. The summed E-state index contributed by atoms with van der Waals surface area (Å²) in [6.45, 7) is 3.15. The lowest BCUT2D eigenvalue weighted by atomic mass is 9.98. The average Bonchev–Trinajstić information content (AvgIpc) is 2.48. The van der Waals surface area contributed by atoms with E-state index in [-0.39, 0.29) is 6.04 Å². The maximum Gasteiger partial charge on any atom is 0.0439 e. The van der Waals surface area contributed by atoms with Crippen LogP contribution in [0.15, 0.2) is 42.5 Å². The molecule has 112 valence electrons. The standard InChI is InChI=1S/C17H18Cl2IN/c1-2-9-21-17(12-3-6-15(20)7-4-12)11-13-10-14(18)5-8-16(13)19/h3-8,10,17,21H,2,9,11H2,1H3. The van der Waals surface area contributed by atoms with Gasteiger partial charge in [-0.25, -0.2) is 0 Å². The Labute approximate surface area is 150 Å². The van der Waals surface area contributed by atoms with E-state index < -0.39 is 0 Å². The first-order chi connectivity index (χ1) is 10.1. The highest BCUT2D eigenvalue weighted by Gasteiger charge is 2.13. The van der Waals surface area contributed by atoms with Crippen LogP contribution in [0.2, 0.25) is 10.0 Å². The lowest BCUT2D eigenvalue weighted by Crippen LogP contribution is -2.24. The summed E-state index contributed by atoms with van der Waals surface area (Å²) in [7, 11) is 0. The molecule has 1 nitrogen and oxygen atoms in total. The Bertz CT molecular complexity index is 584. The van der Waals surface area contributed by atoms with Crippen molar-refractivity contribution >= 4 is 45.8 Å². The van der Waals surface area contributed by atoms with Gasteiger partial charge in [0.1, 0.15) is 0 Å². The van der Waals surface area contributed by atoms with E-state index in [4.69, 9.17) is 23.2 Å². The molecule has 2 aromatic carbocycles. The van der Waals surface area contributed by atoms with Gasteiger partial charge in [0.2, 0.25) is 0 Å². The SMILES string of the molecule is CCCNC(Cc1cc(Cl)ccc1Cl)c1ccc(I)cc1. The number of halogens is 3. The summed E-state index contributed by atoms with van der Waals surface area (Å²) in [4.78, 5) is 0. The molecular weight excluding hydrogens is 416 g/mol. The van der Waals surface area contributed by atoms with E-state index >= 15 is 0 Å². The number of hydrogen-bond acceptors (Lipinski definition) is 1. The molecule has 0 saturated heterocycles. The second kappa shape index (κ2) is 8.37. The molecule has 0 spiro atoms.